The minimum absolute atomic E-state index is 0.345. The van der Waals surface area contributed by atoms with Gasteiger partial charge >= 0.3 is 0 Å². The molecular weight excluding hydrogens is 145 g/mol. The largest absolute Gasteiger partial charge is 0.384 e. The summed E-state index contributed by atoms with van der Waals surface area (Å²) in [6.45, 7) is 3.13. The Hall–Kier alpha value is -0.960. The van der Waals surface area contributed by atoms with Crippen LogP contribution < -0.4 is 0 Å². The monoisotopic (exact) mass is 155 g/mol. The maximum atomic E-state index is 12.5. The molecule has 11 heavy (non-hydrogen) atoms. The maximum Gasteiger partial charge on any atom is 0.126 e. The minimum atomic E-state index is -1.07. The summed E-state index contributed by atoms with van der Waals surface area (Å²) in [4.78, 5) is 3.82. The zero-order valence-corrected chi connectivity index (χ0v) is 6.50. The van der Waals surface area contributed by atoms with Gasteiger partial charge in [0.15, 0.2) is 0 Å². The predicted octanol–water partition coefficient (Wildman–Crippen LogP) is 1.45. The van der Waals surface area contributed by atoms with Gasteiger partial charge in [-0.1, -0.05) is 0 Å². The van der Waals surface area contributed by atoms with E-state index in [-0.39, 0.29) is 5.82 Å². The Balaban J connectivity index is 3.06. The van der Waals surface area contributed by atoms with Crippen LogP contribution in [0.2, 0.25) is 0 Å². The molecule has 1 N–H and O–H groups in total. The van der Waals surface area contributed by atoms with Gasteiger partial charge < -0.3 is 5.11 Å². The number of rotatable bonds is 1. The molecule has 0 aliphatic heterocycles. The van der Waals surface area contributed by atoms with Gasteiger partial charge in [-0.25, -0.2) is 4.39 Å². The van der Waals surface area contributed by atoms with Gasteiger partial charge in [-0.3, -0.25) is 4.98 Å². The van der Waals surface area contributed by atoms with Crippen molar-refractivity contribution in [1.29, 1.82) is 0 Å². The van der Waals surface area contributed by atoms with Gasteiger partial charge in [0, 0.05) is 6.20 Å². The Labute approximate surface area is 64.7 Å². The Bertz CT molecular complexity index is 255. The summed E-state index contributed by atoms with van der Waals surface area (Å²) in [5, 5.41) is 9.38. The first-order valence-corrected chi connectivity index (χ1v) is 3.34. The predicted molar refractivity (Wildman–Crippen MR) is 39.4 cm³/mol. The molecule has 60 valence electrons. The maximum absolute atomic E-state index is 12.5. The van der Waals surface area contributed by atoms with Crippen LogP contribution in [0.3, 0.4) is 0 Å². The number of aliphatic hydroxyl groups is 1. The van der Waals surface area contributed by atoms with Crippen molar-refractivity contribution < 1.29 is 9.50 Å². The molecule has 0 aliphatic rings. The van der Waals surface area contributed by atoms with Gasteiger partial charge in [0.05, 0.1) is 5.69 Å². The van der Waals surface area contributed by atoms with E-state index in [1.54, 1.807) is 13.8 Å². The third-order valence-corrected chi connectivity index (χ3v) is 1.35. The molecule has 0 bridgehead atoms. The molecular formula is C8H10FNO. The number of pyridine rings is 1. The van der Waals surface area contributed by atoms with Crippen LogP contribution in [0.5, 0.6) is 0 Å². The fourth-order valence-corrected chi connectivity index (χ4v) is 0.739. The summed E-state index contributed by atoms with van der Waals surface area (Å²) in [6, 6.07) is 2.47. The Morgan fingerprint density at radius 3 is 2.55 bits per heavy atom. The van der Waals surface area contributed by atoms with Gasteiger partial charge in [0.1, 0.15) is 11.4 Å². The highest BCUT2D eigenvalue weighted by atomic mass is 19.1. The minimum Gasteiger partial charge on any atom is -0.384 e. The molecule has 0 radical (unpaired) electrons. The molecule has 0 amide bonds. The second-order valence-corrected chi connectivity index (χ2v) is 2.92. The molecule has 0 saturated carbocycles. The third-order valence-electron chi connectivity index (χ3n) is 1.35. The highest BCUT2D eigenvalue weighted by Crippen LogP contribution is 2.16. The Kier molecular flexibility index (Phi) is 1.91. The van der Waals surface area contributed by atoms with Crippen molar-refractivity contribution in [3.8, 4) is 0 Å². The van der Waals surface area contributed by atoms with Crippen LogP contribution in [-0.2, 0) is 5.60 Å². The van der Waals surface area contributed by atoms with E-state index >= 15 is 0 Å². The standard InChI is InChI=1S/C8H10FNO/c1-8(2,11)7-5-6(9)3-4-10-7/h3-5,11H,1-2H3. The lowest BCUT2D eigenvalue weighted by molar-refractivity contribution is 0.0734. The molecule has 0 aromatic carbocycles. The van der Waals surface area contributed by atoms with Gasteiger partial charge in [-0.05, 0) is 26.0 Å². The lowest BCUT2D eigenvalue weighted by Crippen LogP contribution is -2.17. The molecule has 1 rings (SSSR count). The van der Waals surface area contributed by atoms with E-state index in [4.69, 9.17) is 0 Å². The lowest BCUT2D eigenvalue weighted by atomic mass is 10.1. The number of halogens is 1. The summed E-state index contributed by atoms with van der Waals surface area (Å²) < 4.78 is 12.5. The normalized spacial score (nSPS) is 11.6. The van der Waals surface area contributed by atoms with Crippen LogP contribution in [0.25, 0.3) is 0 Å². The highest BCUT2D eigenvalue weighted by molar-refractivity contribution is 5.11. The van der Waals surface area contributed by atoms with Crippen LogP contribution in [0.4, 0.5) is 4.39 Å². The first-order valence-electron chi connectivity index (χ1n) is 3.34. The van der Waals surface area contributed by atoms with Gasteiger partial charge in [0.25, 0.3) is 0 Å². The molecule has 0 fully saturated rings. The molecule has 1 aromatic rings. The summed E-state index contributed by atoms with van der Waals surface area (Å²) in [7, 11) is 0. The van der Waals surface area contributed by atoms with E-state index in [9.17, 15) is 9.50 Å². The molecule has 0 spiro atoms. The van der Waals surface area contributed by atoms with Crippen LogP contribution in [0.15, 0.2) is 18.3 Å². The quantitative estimate of drug-likeness (QED) is 0.665. The van der Waals surface area contributed by atoms with E-state index in [1.165, 1.54) is 18.3 Å². The topological polar surface area (TPSA) is 33.1 Å². The number of nitrogens with zero attached hydrogens (tertiary/aromatic N) is 1. The smallest absolute Gasteiger partial charge is 0.126 e. The van der Waals surface area contributed by atoms with E-state index < -0.39 is 5.60 Å². The summed E-state index contributed by atoms with van der Waals surface area (Å²) in [5.41, 5.74) is -0.722. The molecule has 0 unspecified atom stereocenters. The molecule has 3 heteroatoms. The van der Waals surface area contributed by atoms with Crippen LogP contribution >= 0.6 is 0 Å². The van der Waals surface area contributed by atoms with E-state index in [0.29, 0.717) is 5.69 Å². The van der Waals surface area contributed by atoms with Gasteiger partial charge in [-0.2, -0.15) is 0 Å². The van der Waals surface area contributed by atoms with E-state index in [2.05, 4.69) is 4.98 Å². The van der Waals surface area contributed by atoms with E-state index in [1.807, 2.05) is 0 Å². The molecule has 0 atom stereocenters. The Morgan fingerprint density at radius 1 is 1.55 bits per heavy atom. The molecule has 0 aliphatic carbocycles. The third kappa shape index (κ3) is 1.98. The van der Waals surface area contributed by atoms with Gasteiger partial charge in [0.2, 0.25) is 0 Å². The zero-order valence-electron chi connectivity index (χ0n) is 6.50. The molecule has 0 saturated heterocycles. The van der Waals surface area contributed by atoms with Crippen molar-refractivity contribution in [2.24, 2.45) is 0 Å². The number of hydrogen-bond donors (Lipinski definition) is 1. The highest BCUT2D eigenvalue weighted by Gasteiger charge is 2.17. The van der Waals surface area contributed by atoms with Crippen molar-refractivity contribution in [2.45, 2.75) is 19.4 Å². The van der Waals surface area contributed by atoms with Crippen molar-refractivity contribution in [1.82, 2.24) is 4.98 Å². The zero-order chi connectivity index (χ0) is 8.48. The van der Waals surface area contributed by atoms with Crippen molar-refractivity contribution in [2.75, 3.05) is 0 Å². The first-order chi connectivity index (χ1) is 5.00. The van der Waals surface area contributed by atoms with Crippen molar-refractivity contribution in [3.63, 3.8) is 0 Å². The van der Waals surface area contributed by atoms with Crippen molar-refractivity contribution in [3.05, 3.63) is 29.8 Å². The fraction of sp³-hybridized carbons (Fsp3) is 0.375. The fourth-order valence-electron chi connectivity index (χ4n) is 0.739. The SMILES string of the molecule is CC(C)(O)c1cc(F)ccn1. The van der Waals surface area contributed by atoms with Crippen molar-refractivity contribution >= 4 is 0 Å². The van der Waals surface area contributed by atoms with Gasteiger partial charge in [-0.15, -0.1) is 0 Å². The molecule has 1 heterocycles. The van der Waals surface area contributed by atoms with E-state index in [0.717, 1.165) is 0 Å². The summed E-state index contributed by atoms with van der Waals surface area (Å²) in [6.07, 6.45) is 1.34. The average molecular weight is 155 g/mol. The number of aromatic nitrogens is 1. The summed E-state index contributed by atoms with van der Waals surface area (Å²) in [5.74, 6) is -0.378. The van der Waals surface area contributed by atoms with Crippen LogP contribution in [-0.4, -0.2) is 10.1 Å². The second-order valence-electron chi connectivity index (χ2n) is 2.92. The molecule has 2 nitrogen and oxygen atoms in total. The second kappa shape index (κ2) is 2.58. The van der Waals surface area contributed by atoms with Crippen LogP contribution in [0.1, 0.15) is 19.5 Å². The lowest BCUT2D eigenvalue weighted by Gasteiger charge is -2.15. The Morgan fingerprint density at radius 2 is 2.18 bits per heavy atom. The summed E-state index contributed by atoms with van der Waals surface area (Å²) >= 11 is 0. The average Bonchev–Trinajstić information content (AvgIpc) is 1.86. The number of hydrogen-bond acceptors (Lipinski definition) is 2. The molecule has 1 aromatic heterocycles. The first kappa shape index (κ1) is 8.14. The van der Waals surface area contributed by atoms with Crippen LogP contribution in [0, 0.1) is 5.82 Å².